The zero-order valence-electron chi connectivity index (χ0n) is 16.2. The fraction of sp³-hybridized carbons (Fsp3) is 0.700. The Bertz CT molecular complexity index is 758. The monoisotopic (exact) mass is 391 g/mol. The molecular formula is C20H29N3O3S. The van der Waals surface area contributed by atoms with Crippen LogP contribution in [0.3, 0.4) is 0 Å². The number of nitrogens with zero attached hydrogens (tertiary/aromatic N) is 1. The highest BCUT2D eigenvalue weighted by Crippen LogP contribution is 2.62. The van der Waals surface area contributed by atoms with Crippen molar-refractivity contribution in [3.05, 3.63) is 10.6 Å². The van der Waals surface area contributed by atoms with Crippen molar-refractivity contribution >= 4 is 22.4 Å². The smallest absolute Gasteiger partial charge is 0.221 e. The molecule has 1 saturated carbocycles. The Morgan fingerprint density at radius 2 is 2.22 bits per heavy atom. The van der Waals surface area contributed by atoms with Gasteiger partial charge in [0.05, 0.1) is 24.9 Å². The minimum atomic E-state index is -0.595. The molecule has 0 spiro atoms. The van der Waals surface area contributed by atoms with E-state index in [2.05, 4.69) is 23.5 Å². The Morgan fingerprint density at radius 3 is 2.85 bits per heavy atom. The summed E-state index contributed by atoms with van der Waals surface area (Å²) in [4.78, 5) is 18.4. The maximum Gasteiger partial charge on any atom is 0.221 e. The molecule has 1 amide bonds. The number of nitrogens with one attached hydrogen (secondary N) is 2. The number of carbonyl (C=O) groups is 1. The zero-order chi connectivity index (χ0) is 19.8. The summed E-state index contributed by atoms with van der Waals surface area (Å²) in [6.45, 7) is 4.31. The molecule has 2 aliphatic rings. The van der Waals surface area contributed by atoms with Crippen LogP contribution >= 0.6 is 11.3 Å². The van der Waals surface area contributed by atoms with Crippen LogP contribution in [0.5, 0.6) is 0 Å². The average Bonchev–Trinajstić information content (AvgIpc) is 3.08. The van der Waals surface area contributed by atoms with Gasteiger partial charge in [-0.1, -0.05) is 19.8 Å². The van der Waals surface area contributed by atoms with Crippen LogP contribution in [0.4, 0.5) is 5.13 Å². The summed E-state index contributed by atoms with van der Waals surface area (Å²) in [5.41, 5.74) is 0.161. The van der Waals surface area contributed by atoms with E-state index in [4.69, 9.17) is 11.4 Å². The number of terminal acetylenes is 1. The van der Waals surface area contributed by atoms with Crippen molar-refractivity contribution in [2.75, 3.05) is 25.5 Å². The lowest BCUT2D eigenvalue weighted by Crippen LogP contribution is -2.57. The van der Waals surface area contributed by atoms with Gasteiger partial charge in [-0.05, 0) is 30.6 Å². The van der Waals surface area contributed by atoms with Crippen molar-refractivity contribution < 1.29 is 15.0 Å². The van der Waals surface area contributed by atoms with Crippen molar-refractivity contribution in [3.63, 3.8) is 0 Å². The SMILES string of the molecule is C#CCNC(=O)CC1c2nc(NC)sc2CC2C(C)(CO)C(O)CCC12C. The number of amides is 1. The van der Waals surface area contributed by atoms with E-state index >= 15 is 0 Å². The van der Waals surface area contributed by atoms with E-state index in [-0.39, 0.29) is 36.3 Å². The molecule has 6 nitrogen and oxygen atoms in total. The second-order valence-corrected chi connectivity index (χ2v) is 9.38. The van der Waals surface area contributed by atoms with Gasteiger partial charge >= 0.3 is 0 Å². The number of aliphatic hydroxyl groups is 2. The van der Waals surface area contributed by atoms with E-state index in [0.717, 1.165) is 28.5 Å². The third-order valence-electron chi connectivity index (χ3n) is 6.88. The Labute approximate surface area is 164 Å². The first-order valence-corrected chi connectivity index (χ1v) is 10.3. The summed E-state index contributed by atoms with van der Waals surface area (Å²) >= 11 is 1.60. The number of thiazole rings is 1. The number of rotatable bonds is 5. The fourth-order valence-corrected chi connectivity index (χ4v) is 6.18. The summed E-state index contributed by atoms with van der Waals surface area (Å²) in [5.74, 6) is 2.36. The topological polar surface area (TPSA) is 94.5 Å². The van der Waals surface area contributed by atoms with Crippen molar-refractivity contribution in [1.82, 2.24) is 10.3 Å². The number of fused-ring (bicyclic) bond motifs is 2. The molecule has 1 aromatic rings. The van der Waals surface area contributed by atoms with E-state index in [9.17, 15) is 15.0 Å². The molecule has 0 aromatic carbocycles. The highest BCUT2D eigenvalue weighted by Gasteiger charge is 2.59. The molecule has 1 aromatic heterocycles. The molecule has 7 heteroatoms. The van der Waals surface area contributed by atoms with E-state index in [1.807, 2.05) is 14.0 Å². The van der Waals surface area contributed by atoms with Gasteiger partial charge in [-0.2, -0.15) is 0 Å². The minimum Gasteiger partial charge on any atom is -0.396 e. The Morgan fingerprint density at radius 1 is 1.48 bits per heavy atom. The molecule has 0 saturated heterocycles. The Hall–Kier alpha value is -1.62. The van der Waals surface area contributed by atoms with E-state index in [1.54, 1.807) is 11.3 Å². The third kappa shape index (κ3) is 3.24. The first kappa shape index (κ1) is 20.1. The summed E-state index contributed by atoms with van der Waals surface area (Å²) in [6, 6.07) is 0. The number of carbonyl (C=O) groups excluding carboxylic acids is 1. The number of hydrogen-bond acceptors (Lipinski definition) is 6. The van der Waals surface area contributed by atoms with Gasteiger partial charge in [0, 0.05) is 29.7 Å². The Balaban J connectivity index is 2.04. The predicted molar refractivity (Wildman–Crippen MR) is 107 cm³/mol. The molecule has 1 heterocycles. The van der Waals surface area contributed by atoms with Gasteiger partial charge in [-0.15, -0.1) is 17.8 Å². The normalized spacial score (nSPS) is 34.9. The molecule has 4 N–H and O–H groups in total. The predicted octanol–water partition coefficient (Wildman–Crippen LogP) is 1.74. The van der Waals surface area contributed by atoms with Gasteiger partial charge < -0.3 is 20.8 Å². The minimum absolute atomic E-state index is 0.0688. The van der Waals surface area contributed by atoms with E-state index in [0.29, 0.717) is 12.8 Å². The van der Waals surface area contributed by atoms with Gasteiger partial charge in [0.2, 0.25) is 5.91 Å². The van der Waals surface area contributed by atoms with Crippen LogP contribution in [0.2, 0.25) is 0 Å². The molecule has 27 heavy (non-hydrogen) atoms. The molecule has 0 bridgehead atoms. The molecule has 0 radical (unpaired) electrons. The van der Waals surface area contributed by atoms with Crippen molar-refractivity contribution in [2.24, 2.45) is 16.7 Å². The highest BCUT2D eigenvalue weighted by molar-refractivity contribution is 7.15. The molecule has 5 atom stereocenters. The molecule has 0 aliphatic heterocycles. The lowest BCUT2D eigenvalue weighted by molar-refractivity contribution is -0.144. The number of hydrogen-bond donors (Lipinski definition) is 4. The van der Waals surface area contributed by atoms with Crippen LogP contribution in [0.1, 0.15) is 49.6 Å². The average molecular weight is 392 g/mol. The zero-order valence-corrected chi connectivity index (χ0v) is 17.0. The second kappa shape index (κ2) is 7.42. The number of aliphatic hydroxyl groups excluding tert-OH is 2. The Kier molecular flexibility index (Phi) is 5.53. The number of aromatic nitrogens is 1. The van der Waals surface area contributed by atoms with E-state index in [1.165, 1.54) is 0 Å². The molecule has 1 fully saturated rings. The molecular weight excluding hydrogens is 362 g/mol. The molecule has 2 aliphatic carbocycles. The quantitative estimate of drug-likeness (QED) is 0.574. The highest BCUT2D eigenvalue weighted by atomic mass is 32.1. The standard InChI is InChI=1S/C20H29N3O3S/c1-5-8-22-16(26)9-12-17-13(27-18(21-4)23-17)10-14-19(12,2)7-6-15(25)20(14,3)11-24/h1,12,14-15,24-25H,6-11H2,2-4H3,(H,21,23)(H,22,26). The second-order valence-electron chi connectivity index (χ2n) is 8.30. The van der Waals surface area contributed by atoms with Crippen molar-refractivity contribution in [1.29, 1.82) is 0 Å². The van der Waals surface area contributed by atoms with Crippen LogP contribution in [-0.2, 0) is 11.2 Å². The van der Waals surface area contributed by atoms with Crippen LogP contribution in [0.15, 0.2) is 0 Å². The summed E-state index contributed by atoms with van der Waals surface area (Å²) in [6.07, 6.45) is 7.22. The summed E-state index contributed by atoms with van der Waals surface area (Å²) < 4.78 is 0. The van der Waals surface area contributed by atoms with Gasteiger partial charge in [0.1, 0.15) is 0 Å². The van der Waals surface area contributed by atoms with E-state index < -0.39 is 11.5 Å². The van der Waals surface area contributed by atoms with Gasteiger partial charge in [0.25, 0.3) is 0 Å². The lowest BCUT2D eigenvalue weighted by atomic mass is 9.47. The summed E-state index contributed by atoms with van der Waals surface area (Å²) in [5, 5.41) is 27.6. The van der Waals surface area contributed by atoms with Gasteiger partial charge in [-0.3, -0.25) is 4.79 Å². The first-order chi connectivity index (χ1) is 12.8. The summed E-state index contributed by atoms with van der Waals surface area (Å²) in [7, 11) is 1.84. The molecule has 148 valence electrons. The van der Waals surface area contributed by atoms with Crippen molar-refractivity contribution in [3.8, 4) is 12.3 Å². The van der Waals surface area contributed by atoms with Crippen LogP contribution in [0, 0.1) is 29.1 Å². The fourth-order valence-electron chi connectivity index (χ4n) is 5.16. The largest absolute Gasteiger partial charge is 0.396 e. The van der Waals surface area contributed by atoms with Crippen LogP contribution in [0.25, 0.3) is 0 Å². The van der Waals surface area contributed by atoms with Crippen LogP contribution in [-0.4, -0.2) is 47.4 Å². The van der Waals surface area contributed by atoms with Crippen molar-refractivity contribution in [2.45, 2.75) is 51.6 Å². The molecule has 3 rings (SSSR count). The maximum absolute atomic E-state index is 12.5. The third-order valence-corrected chi connectivity index (χ3v) is 8.00. The van der Waals surface area contributed by atoms with Gasteiger partial charge in [0.15, 0.2) is 5.13 Å². The molecule has 5 unspecified atom stereocenters. The number of anilines is 1. The first-order valence-electron chi connectivity index (χ1n) is 9.46. The maximum atomic E-state index is 12.5. The van der Waals surface area contributed by atoms with Crippen LogP contribution < -0.4 is 10.6 Å². The lowest BCUT2D eigenvalue weighted by Gasteiger charge is -2.58. The van der Waals surface area contributed by atoms with Gasteiger partial charge in [-0.25, -0.2) is 4.98 Å².